The van der Waals surface area contributed by atoms with Crippen molar-refractivity contribution in [2.75, 3.05) is 6.54 Å². The quantitative estimate of drug-likeness (QED) is 0.873. The Balaban J connectivity index is 1.85. The number of fused-ring (bicyclic) bond motifs is 1. The molecule has 1 saturated carbocycles. The molecule has 19 heavy (non-hydrogen) atoms. The van der Waals surface area contributed by atoms with Crippen molar-refractivity contribution in [1.82, 2.24) is 15.3 Å². The molecule has 2 aliphatic rings. The number of aromatic nitrogens is 2. The van der Waals surface area contributed by atoms with E-state index in [9.17, 15) is 4.79 Å². The third kappa shape index (κ3) is 1.69. The molecule has 2 N–H and O–H groups in total. The van der Waals surface area contributed by atoms with Crippen LogP contribution in [0.2, 0.25) is 0 Å². The summed E-state index contributed by atoms with van der Waals surface area (Å²) in [6.07, 6.45) is 3.03. The van der Waals surface area contributed by atoms with Crippen LogP contribution in [0.25, 0.3) is 0 Å². The van der Waals surface area contributed by atoms with Gasteiger partial charge in [0.15, 0.2) is 0 Å². The highest BCUT2D eigenvalue weighted by atomic mass is 32.1. The first-order chi connectivity index (χ1) is 9.29. The predicted molar refractivity (Wildman–Crippen MR) is 74.6 cm³/mol. The number of nitrogens with zero attached hydrogens (tertiary/aromatic N) is 1. The average molecular weight is 273 g/mol. The van der Waals surface area contributed by atoms with Gasteiger partial charge in [0.25, 0.3) is 5.56 Å². The first-order valence-corrected chi connectivity index (χ1v) is 7.60. The van der Waals surface area contributed by atoms with Crippen LogP contribution in [0.3, 0.4) is 0 Å². The van der Waals surface area contributed by atoms with Crippen LogP contribution in [-0.4, -0.2) is 16.5 Å². The molecule has 2 aromatic heterocycles. The minimum absolute atomic E-state index is 0.0148. The molecule has 0 atom stereocenters. The fourth-order valence-electron chi connectivity index (χ4n) is 2.90. The van der Waals surface area contributed by atoms with Gasteiger partial charge in [-0.15, -0.1) is 0 Å². The molecule has 0 aromatic carbocycles. The van der Waals surface area contributed by atoms with Crippen molar-refractivity contribution in [3.05, 3.63) is 49.8 Å². The number of rotatable bonds is 2. The topological polar surface area (TPSA) is 57.8 Å². The Morgan fingerprint density at radius 3 is 3.00 bits per heavy atom. The summed E-state index contributed by atoms with van der Waals surface area (Å²) in [5.74, 6) is 0.872. The minimum Gasteiger partial charge on any atom is -0.312 e. The van der Waals surface area contributed by atoms with E-state index < -0.39 is 0 Å². The summed E-state index contributed by atoms with van der Waals surface area (Å²) in [6, 6.07) is 2.15. The van der Waals surface area contributed by atoms with Crippen molar-refractivity contribution in [1.29, 1.82) is 0 Å². The molecule has 3 heterocycles. The molecule has 0 spiro atoms. The second kappa shape index (κ2) is 4.02. The molecule has 0 unspecified atom stereocenters. The van der Waals surface area contributed by atoms with Crippen LogP contribution in [0.4, 0.5) is 0 Å². The lowest BCUT2D eigenvalue weighted by atomic mass is 9.97. The van der Waals surface area contributed by atoms with E-state index in [1.54, 1.807) is 11.3 Å². The molecule has 0 amide bonds. The second-order valence-corrected chi connectivity index (χ2v) is 6.14. The molecule has 4 rings (SSSR count). The summed E-state index contributed by atoms with van der Waals surface area (Å²) >= 11 is 1.70. The van der Waals surface area contributed by atoms with Gasteiger partial charge >= 0.3 is 0 Å². The highest BCUT2D eigenvalue weighted by Gasteiger charge is 2.48. The lowest BCUT2D eigenvalue weighted by molar-refractivity contribution is 0.605. The lowest BCUT2D eigenvalue weighted by Crippen LogP contribution is -2.33. The molecule has 1 aliphatic heterocycles. The van der Waals surface area contributed by atoms with Gasteiger partial charge in [0.2, 0.25) is 0 Å². The number of hydrogen-bond acceptors (Lipinski definition) is 4. The van der Waals surface area contributed by atoms with Crippen LogP contribution in [0.5, 0.6) is 0 Å². The van der Waals surface area contributed by atoms with E-state index in [0.717, 1.165) is 42.9 Å². The third-order valence-electron chi connectivity index (χ3n) is 4.22. The summed E-state index contributed by atoms with van der Waals surface area (Å²) in [4.78, 5) is 20.0. The fraction of sp³-hybridized carbons (Fsp3) is 0.429. The molecule has 5 heteroatoms. The van der Waals surface area contributed by atoms with Crippen molar-refractivity contribution in [3.63, 3.8) is 0 Å². The summed E-state index contributed by atoms with van der Waals surface area (Å²) in [5, 5.41) is 7.49. The molecule has 1 fully saturated rings. The van der Waals surface area contributed by atoms with E-state index in [-0.39, 0.29) is 11.0 Å². The van der Waals surface area contributed by atoms with E-state index in [1.807, 2.05) is 0 Å². The lowest BCUT2D eigenvalue weighted by Gasteiger charge is -2.19. The van der Waals surface area contributed by atoms with E-state index in [2.05, 4.69) is 27.1 Å². The van der Waals surface area contributed by atoms with Crippen LogP contribution in [0.1, 0.15) is 35.5 Å². The number of H-pyrrole nitrogens is 1. The van der Waals surface area contributed by atoms with Crippen molar-refractivity contribution in [2.24, 2.45) is 0 Å². The normalized spacial score (nSPS) is 20.0. The average Bonchev–Trinajstić information content (AvgIpc) is 3.06. The van der Waals surface area contributed by atoms with Crippen molar-refractivity contribution in [2.45, 2.75) is 31.2 Å². The van der Waals surface area contributed by atoms with Gasteiger partial charge in [-0.3, -0.25) is 4.79 Å². The Hall–Kier alpha value is -1.46. The zero-order valence-electron chi connectivity index (χ0n) is 10.5. The highest BCUT2D eigenvalue weighted by Crippen LogP contribution is 2.52. The van der Waals surface area contributed by atoms with Gasteiger partial charge in [0.05, 0.1) is 16.7 Å². The monoisotopic (exact) mass is 273 g/mol. The molecule has 0 saturated heterocycles. The number of hydrogen-bond donors (Lipinski definition) is 2. The maximum atomic E-state index is 12.2. The standard InChI is InChI=1S/C14H15N3OS/c18-12-10-7-15-5-1-11(10)16-13(17-12)14(3-4-14)9-2-6-19-8-9/h2,6,8,15H,1,3-5,7H2,(H,16,17,18). The first-order valence-electron chi connectivity index (χ1n) is 6.65. The Bertz CT molecular complexity index is 670. The molecule has 0 bridgehead atoms. The van der Waals surface area contributed by atoms with Crippen LogP contribution in [0, 0.1) is 0 Å². The van der Waals surface area contributed by atoms with Gasteiger partial charge in [-0.05, 0) is 35.2 Å². The van der Waals surface area contributed by atoms with Crippen molar-refractivity contribution >= 4 is 11.3 Å². The van der Waals surface area contributed by atoms with Crippen molar-refractivity contribution in [3.8, 4) is 0 Å². The molecular formula is C14H15N3OS. The summed E-state index contributed by atoms with van der Waals surface area (Å²) in [6.45, 7) is 1.55. The zero-order chi connectivity index (χ0) is 12.9. The van der Waals surface area contributed by atoms with Gasteiger partial charge in [-0.2, -0.15) is 11.3 Å². The van der Waals surface area contributed by atoms with E-state index in [0.29, 0.717) is 6.54 Å². The van der Waals surface area contributed by atoms with E-state index >= 15 is 0 Å². The van der Waals surface area contributed by atoms with Gasteiger partial charge in [-0.1, -0.05) is 0 Å². The third-order valence-corrected chi connectivity index (χ3v) is 4.90. The van der Waals surface area contributed by atoms with Crippen LogP contribution in [-0.2, 0) is 18.4 Å². The summed E-state index contributed by atoms with van der Waals surface area (Å²) in [5.41, 5.74) is 3.12. The fourth-order valence-corrected chi connectivity index (χ4v) is 3.66. The molecule has 98 valence electrons. The predicted octanol–water partition coefficient (Wildman–Crippen LogP) is 1.56. The summed E-state index contributed by atoms with van der Waals surface area (Å²) in [7, 11) is 0. The number of thiophene rings is 1. The summed E-state index contributed by atoms with van der Waals surface area (Å²) < 4.78 is 0. The smallest absolute Gasteiger partial charge is 0.255 e. The molecule has 0 radical (unpaired) electrons. The second-order valence-electron chi connectivity index (χ2n) is 5.36. The van der Waals surface area contributed by atoms with Crippen molar-refractivity contribution < 1.29 is 0 Å². The van der Waals surface area contributed by atoms with Gasteiger partial charge in [-0.25, -0.2) is 4.98 Å². The maximum Gasteiger partial charge on any atom is 0.255 e. The molecule has 1 aliphatic carbocycles. The van der Waals surface area contributed by atoms with Gasteiger partial charge in [0, 0.05) is 19.5 Å². The Labute approximate surface area is 114 Å². The molecular weight excluding hydrogens is 258 g/mol. The van der Waals surface area contributed by atoms with Crippen LogP contribution >= 0.6 is 11.3 Å². The number of nitrogens with one attached hydrogen (secondary N) is 2. The molecule has 2 aromatic rings. The van der Waals surface area contributed by atoms with Crippen LogP contribution in [0.15, 0.2) is 21.6 Å². The highest BCUT2D eigenvalue weighted by molar-refractivity contribution is 7.08. The zero-order valence-corrected chi connectivity index (χ0v) is 11.3. The van der Waals surface area contributed by atoms with E-state index in [4.69, 9.17) is 4.98 Å². The molecule has 4 nitrogen and oxygen atoms in total. The van der Waals surface area contributed by atoms with Crippen LogP contribution < -0.4 is 10.9 Å². The van der Waals surface area contributed by atoms with Gasteiger partial charge < -0.3 is 10.3 Å². The SMILES string of the molecule is O=c1[nH]c(C2(c3ccsc3)CC2)nc2c1CNCC2. The Morgan fingerprint density at radius 1 is 1.37 bits per heavy atom. The van der Waals surface area contributed by atoms with Gasteiger partial charge in [0.1, 0.15) is 5.82 Å². The maximum absolute atomic E-state index is 12.2. The number of aromatic amines is 1. The minimum atomic E-state index is -0.0148. The largest absolute Gasteiger partial charge is 0.312 e. The first kappa shape index (κ1) is 11.4. The van der Waals surface area contributed by atoms with E-state index in [1.165, 1.54) is 5.56 Å². The Morgan fingerprint density at radius 2 is 2.26 bits per heavy atom. The Kier molecular flexibility index (Phi) is 2.40.